The molecule has 1 fully saturated rings. The third-order valence-electron chi connectivity index (χ3n) is 3.31. The molecule has 0 spiro atoms. The van der Waals surface area contributed by atoms with E-state index in [-0.39, 0.29) is 18.7 Å². The fraction of sp³-hybridized carbons (Fsp3) is 0.929. The van der Waals surface area contributed by atoms with Gasteiger partial charge < -0.3 is 20.5 Å². The number of nitrogens with two attached hydrogens (primary N) is 1. The second-order valence-electron chi connectivity index (χ2n) is 6.39. The van der Waals surface area contributed by atoms with Crippen molar-refractivity contribution in [1.82, 2.24) is 9.80 Å². The molecular formula is C14H29N3O3. The van der Waals surface area contributed by atoms with Crippen molar-refractivity contribution >= 4 is 6.09 Å². The van der Waals surface area contributed by atoms with Gasteiger partial charge in [-0.3, -0.25) is 4.90 Å². The second kappa shape index (κ2) is 7.81. The molecule has 6 nitrogen and oxygen atoms in total. The number of hydrogen-bond acceptors (Lipinski definition) is 5. The quantitative estimate of drug-likeness (QED) is 0.776. The lowest BCUT2D eigenvalue weighted by Gasteiger charge is -2.35. The molecule has 0 saturated carbocycles. The number of carbonyl (C=O) groups excluding carboxylic acids is 1. The van der Waals surface area contributed by atoms with Gasteiger partial charge in [0, 0.05) is 32.2 Å². The molecule has 3 N–H and O–H groups in total. The Labute approximate surface area is 121 Å². The van der Waals surface area contributed by atoms with Gasteiger partial charge in [-0.25, -0.2) is 4.79 Å². The summed E-state index contributed by atoms with van der Waals surface area (Å²) < 4.78 is 5.36. The van der Waals surface area contributed by atoms with Crippen LogP contribution in [0.4, 0.5) is 4.79 Å². The summed E-state index contributed by atoms with van der Waals surface area (Å²) in [6.07, 6.45) is 1.59. The van der Waals surface area contributed by atoms with E-state index in [0.717, 1.165) is 32.5 Å². The van der Waals surface area contributed by atoms with Gasteiger partial charge >= 0.3 is 6.09 Å². The zero-order chi connectivity index (χ0) is 15.2. The number of aliphatic hydroxyl groups excluding tert-OH is 1. The number of nitrogens with zero attached hydrogens (tertiary/aromatic N) is 2. The molecule has 20 heavy (non-hydrogen) atoms. The minimum atomic E-state index is -0.436. The van der Waals surface area contributed by atoms with E-state index in [1.54, 1.807) is 4.90 Å². The lowest BCUT2D eigenvalue weighted by Crippen LogP contribution is -2.50. The Balaban J connectivity index is 2.21. The Morgan fingerprint density at radius 1 is 1.30 bits per heavy atom. The Kier molecular flexibility index (Phi) is 6.71. The Morgan fingerprint density at radius 2 is 1.90 bits per heavy atom. The highest BCUT2D eigenvalue weighted by Gasteiger charge is 2.25. The molecule has 0 aromatic carbocycles. The lowest BCUT2D eigenvalue weighted by atomic mass is 10.1. The molecule has 0 radical (unpaired) electrons. The van der Waals surface area contributed by atoms with Crippen LogP contribution >= 0.6 is 0 Å². The maximum absolute atomic E-state index is 11.9. The molecule has 1 heterocycles. The molecule has 1 aliphatic heterocycles. The van der Waals surface area contributed by atoms with Crippen molar-refractivity contribution in [3.8, 4) is 0 Å². The van der Waals surface area contributed by atoms with Crippen LogP contribution in [0.15, 0.2) is 0 Å². The fourth-order valence-corrected chi connectivity index (χ4v) is 2.15. The van der Waals surface area contributed by atoms with Crippen molar-refractivity contribution in [2.45, 2.75) is 45.3 Å². The van der Waals surface area contributed by atoms with E-state index in [2.05, 4.69) is 4.90 Å². The summed E-state index contributed by atoms with van der Waals surface area (Å²) in [5.41, 5.74) is 5.24. The first-order chi connectivity index (χ1) is 9.31. The summed E-state index contributed by atoms with van der Waals surface area (Å²) in [5.74, 6) is 0. The van der Waals surface area contributed by atoms with Crippen LogP contribution in [0.1, 0.15) is 33.6 Å². The van der Waals surface area contributed by atoms with E-state index in [1.165, 1.54) is 0 Å². The average molecular weight is 287 g/mol. The van der Waals surface area contributed by atoms with Gasteiger partial charge in [0.2, 0.25) is 0 Å². The molecule has 0 aromatic heterocycles. The molecule has 1 amide bonds. The molecule has 6 heteroatoms. The zero-order valence-electron chi connectivity index (χ0n) is 13.0. The predicted molar refractivity (Wildman–Crippen MR) is 78.5 cm³/mol. The van der Waals surface area contributed by atoms with Crippen molar-refractivity contribution < 1.29 is 14.6 Å². The standard InChI is InChI=1S/C14H29N3O3/c1-14(2,3)20-13(19)17-9-7-16(8-10-17)6-4-5-12(15)11-18/h12,18H,4-11,15H2,1-3H3. The van der Waals surface area contributed by atoms with Crippen LogP contribution in [0.25, 0.3) is 0 Å². The van der Waals surface area contributed by atoms with Crippen molar-refractivity contribution in [1.29, 1.82) is 0 Å². The molecule has 118 valence electrons. The number of hydrogen-bond donors (Lipinski definition) is 2. The van der Waals surface area contributed by atoms with Crippen LogP contribution in [0, 0.1) is 0 Å². The van der Waals surface area contributed by atoms with Crippen LogP contribution in [0.2, 0.25) is 0 Å². The summed E-state index contributed by atoms with van der Waals surface area (Å²) in [6, 6.07) is -0.113. The molecule has 1 unspecified atom stereocenters. The third-order valence-corrected chi connectivity index (χ3v) is 3.31. The molecule has 1 aliphatic rings. The van der Waals surface area contributed by atoms with E-state index < -0.39 is 5.60 Å². The lowest BCUT2D eigenvalue weighted by molar-refractivity contribution is 0.0143. The Hall–Kier alpha value is -0.850. The number of carbonyl (C=O) groups is 1. The molecule has 1 atom stereocenters. The summed E-state index contributed by atoms with van der Waals surface area (Å²) in [7, 11) is 0. The predicted octanol–water partition coefficient (Wildman–Crippen LogP) is 0.639. The van der Waals surface area contributed by atoms with Crippen molar-refractivity contribution in [2.75, 3.05) is 39.3 Å². The zero-order valence-corrected chi connectivity index (χ0v) is 13.0. The summed E-state index contributed by atoms with van der Waals surface area (Å²) >= 11 is 0. The monoisotopic (exact) mass is 287 g/mol. The van der Waals surface area contributed by atoms with E-state index in [0.29, 0.717) is 13.1 Å². The minimum Gasteiger partial charge on any atom is -0.444 e. The van der Waals surface area contributed by atoms with E-state index in [4.69, 9.17) is 15.6 Å². The summed E-state index contributed by atoms with van der Waals surface area (Å²) in [6.45, 7) is 9.81. The van der Waals surface area contributed by atoms with Crippen LogP contribution in [0.5, 0.6) is 0 Å². The SMILES string of the molecule is CC(C)(C)OC(=O)N1CCN(CCCC(N)CO)CC1. The normalized spacial score (nSPS) is 18.9. The number of rotatable bonds is 5. The van der Waals surface area contributed by atoms with Gasteiger partial charge in [-0.05, 0) is 40.2 Å². The van der Waals surface area contributed by atoms with Crippen LogP contribution in [-0.2, 0) is 4.74 Å². The highest BCUT2D eigenvalue weighted by atomic mass is 16.6. The van der Waals surface area contributed by atoms with Crippen LogP contribution in [0.3, 0.4) is 0 Å². The minimum absolute atomic E-state index is 0.0480. The highest BCUT2D eigenvalue weighted by Crippen LogP contribution is 2.12. The van der Waals surface area contributed by atoms with E-state index >= 15 is 0 Å². The van der Waals surface area contributed by atoms with Gasteiger partial charge in [0.1, 0.15) is 5.60 Å². The topological polar surface area (TPSA) is 79.0 Å². The summed E-state index contributed by atoms with van der Waals surface area (Å²) in [4.78, 5) is 16.0. The van der Waals surface area contributed by atoms with Gasteiger partial charge in [0.05, 0.1) is 6.61 Å². The molecule has 1 rings (SSSR count). The van der Waals surface area contributed by atoms with Crippen LogP contribution in [-0.4, -0.2) is 72.0 Å². The van der Waals surface area contributed by atoms with Crippen molar-refractivity contribution in [2.24, 2.45) is 5.73 Å². The van der Waals surface area contributed by atoms with E-state index in [1.807, 2.05) is 20.8 Å². The second-order valence-corrected chi connectivity index (χ2v) is 6.39. The first-order valence-electron chi connectivity index (χ1n) is 7.38. The highest BCUT2D eigenvalue weighted by molar-refractivity contribution is 5.68. The maximum Gasteiger partial charge on any atom is 0.410 e. The Bertz CT molecular complexity index is 297. The largest absolute Gasteiger partial charge is 0.444 e. The van der Waals surface area contributed by atoms with Gasteiger partial charge in [-0.1, -0.05) is 0 Å². The number of aliphatic hydroxyl groups is 1. The average Bonchev–Trinajstić information content (AvgIpc) is 2.37. The summed E-state index contributed by atoms with van der Waals surface area (Å²) in [5, 5.41) is 8.86. The molecule has 0 aliphatic carbocycles. The molecule has 0 aromatic rings. The van der Waals surface area contributed by atoms with Gasteiger partial charge in [-0.15, -0.1) is 0 Å². The van der Waals surface area contributed by atoms with Gasteiger partial charge in [0.15, 0.2) is 0 Å². The number of ether oxygens (including phenoxy) is 1. The van der Waals surface area contributed by atoms with Crippen molar-refractivity contribution in [3.63, 3.8) is 0 Å². The van der Waals surface area contributed by atoms with Crippen molar-refractivity contribution in [3.05, 3.63) is 0 Å². The number of amides is 1. The van der Waals surface area contributed by atoms with Gasteiger partial charge in [-0.2, -0.15) is 0 Å². The fourth-order valence-electron chi connectivity index (χ4n) is 2.15. The Morgan fingerprint density at radius 3 is 2.40 bits per heavy atom. The van der Waals surface area contributed by atoms with E-state index in [9.17, 15) is 4.79 Å². The first kappa shape index (κ1) is 17.2. The molecular weight excluding hydrogens is 258 g/mol. The maximum atomic E-state index is 11.9. The molecule has 1 saturated heterocycles. The smallest absolute Gasteiger partial charge is 0.410 e. The number of piperazine rings is 1. The third kappa shape index (κ3) is 6.54. The van der Waals surface area contributed by atoms with Crippen LogP contribution < -0.4 is 5.73 Å². The first-order valence-corrected chi connectivity index (χ1v) is 7.38. The van der Waals surface area contributed by atoms with Gasteiger partial charge in [0.25, 0.3) is 0 Å². The molecule has 0 bridgehead atoms.